The van der Waals surface area contributed by atoms with Gasteiger partial charge >= 0.3 is 17.9 Å². The van der Waals surface area contributed by atoms with Crippen LogP contribution in [-0.2, 0) is 28.6 Å². The highest BCUT2D eigenvalue weighted by atomic mass is 16.6. The Kier molecular flexibility index (Phi) is 63.9. The van der Waals surface area contributed by atoms with Gasteiger partial charge in [-0.1, -0.05) is 295 Å². The van der Waals surface area contributed by atoms with Crippen LogP contribution in [0, 0.1) is 0 Å². The van der Waals surface area contributed by atoms with E-state index < -0.39 is 6.10 Å². The molecule has 0 N–H and O–H groups in total. The Hall–Kier alpha value is -4.71. The number of hydrogen-bond donors (Lipinski definition) is 0. The van der Waals surface area contributed by atoms with Crippen molar-refractivity contribution in [2.75, 3.05) is 13.2 Å². The van der Waals surface area contributed by atoms with Gasteiger partial charge in [-0.2, -0.15) is 0 Å². The van der Waals surface area contributed by atoms with Crippen molar-refractivity contribution < 1.29 is 28.6 Å². The molecule has 0 aliphatic heterocycles. The standard InChI is InChI=1S/C75H122O6/c1-4-7-10-13-16-19-22-25-28-30-31-32-33-34-35-36-37-38-39-40-41-42-43-44-45-46-48-50-53-56-59-62-65-68-74(77)80-71-72(70-79-73(76)67-64-61-58-55-52-49-27-24-21-18-15-12-9-6-3)81-75(78)69-66-63-60-57-54-51-47-29-26-23-20-17-14-11-8-5-2/h7,10,15-16,18-19,24-25,27-28,31-32,34-35,37-38,40-41,43-44,46,48,53,56,72H,4-6,8-9,11-14,17,20-23,26,29-30,33,36,39,42,45,47,49-52,54-55,57-71H2,1-3H3/b10-7-,18-15-,19-16-,27-24-,28-25-,32-31-,35-34-,38-37-,41-40-,44-43-,48-46-,56-53-. The van der Waals surface area contributed by atoms with Crippen LogP contribution >= 0.6 is 0 Å². The van der Waals surface area contributed by atoms with Crippen molar-refractivity contribution in [1.29, 1.82) is 0 Å². The van der Waals surface area contributed by atoms with E-state index in [1.54, 1.807) is 0 Å². The lowest BCUT2D eigenvalue weighted by Crippen LogP contribution is -2.30. The third kappa shape index (κ3) is 66.0. The monoisotopic (exact) mass is 1120 g/mol. The van der Waals surface area contributed by atoms with E-state index in [0.717, 1.165) is 141 Å². The maximum Gasteiger partial charge on any atom is 0.306 e. The molecule has 6 heteroatoms. The molecular weight excluding hydrogens is 997 g/mol. The fourth-order valence-electron chi connectivity index (χ4n) is 8.84. The number of carbonyl (C=O) groups excluding carboxylic acids is 3. The number of esters is 3. The van der Waals surface area contributed by atoms with Gasteiger partial charge in [0.1, 0.15) is 13.2 Å². The predicted molar refractivity (Wildman–Crippen MR) is 352 cm³/mol. The van der Waals surface area contributed by atoms with Gasteiger partial charge < -0.3 is 14.2 Å². The van der Waals surface area contributed by atoms with Gasteiger partial charge in [0.05, 0.1) is 0 Å². The molecule has 0 amide bonds. The van der Waals surface area contributed by atoms with E-state index in [9.17, 15) is 14.4 Å². The second kappa shape index (κ2) is 67.8. The lowest BCUT2D eigenvalue weighted by atomic mass is 10.0. The molecule has 0 heterocycles. The van der Waals surface area contributed by atoms with E-state index in [-0.39, 0.29) is 31.1 Å². The van der Waals surface area contributed by atoms with Crippen LogP contribution in [0.5, 0.6) is 0 Å². The average Bonchev–Trinajstić information content (AvgIpc) is 3.47. The van der Waals surface area contributed by atoms with E-state index in [1.807, 2.05) is 0 Å². The lowest BCUT2D eigenvalue weighted by molar-refractivity contribution is -0.167. The fraction of sp³-hybridized carbons (Fsp3) is 0.640. The Morgan fingerprint density at radius 1 is 0.259 bits per heavy atom. The summed E-state index contributed by atoms with van der Waals surface area (Å²) >= 11 is 0. The van der Waals surface area contributed by atoms with Gasteiger partial charge in [-0.25, -0.2) is 0 Å². The van der Waals surface area contributed by atoms with Crippen LogP contribution in [0.3, 0.4) is 0 Å². The Morgan fingerprint density at radius 3 is 0.815 bits per heavy atom. The van der Waals surface area contributed by atoms with Crippen molar-refractivity contribution in [3.8, 4) is 0 Å². The summed E-state index contributed by atoms with van der Waals surface area (Å²) in [5.74, 6) is -0.955. The summed E-state index contributed by atoms with van der Waals surface area (Å²) in [7, 11) is 0. The summed E-state index contributed by atoms with van der Waals surface area (Å²) in [5.41, 5.74) is 0. The van der Waals surface area contributed by atoms with Gasteiger partial charge in [-0.05, 0) is 122 Å². The van der Waals surface area contributed by atoms with Gasteiger partial charge in [0, 0.05) is 19.3 Å². The first-order valence-electron chi connectivity index (χ1n) is 33.3. The molecule has 0 rings (SSSR count). The van der Waals surface area contributed by atoms with Crippen LogP contribution in [-0.4, -0.2) is 37.2 Å². The van der Waals surface area contributed by atoms with E-state index in [4.69, 9.17) is 14.2 Å². The Labute approximate surface area is 499 Å². The zero-order valence-corrected chi connectivity index (χ0v) is 52.5. The fourth-order valence-corrected chi connectivity index (χ4v) is 8.84. The largest absolute Gasteiger partial charge is 0.462 e. The second-order valence-electron chi connectivity index (χ2n) is 21.6. The molecule has 0 saturated heterocycles. The first-order valence-corrected chi connectivity index (χ1v) is 33.3. The zero-order valence-electron chi connectivity index (χ0n) is 52.5. The highest BCUT2D eigenvalue weighted by Gasteiger charge is 2.19. The van der Waals surface area contributed by atoms with Gasteiger partial charge in [0.15, 0.2) is 6.10 Å². The predicted octanol–water partition coefficient (Wildman–Crippen LogP) is 23.1. The maximum atomic E-state index is 12.9. The van der Waals surface area contributed by atoms with Crippen molar-refractivity contribution >= 4 is 17.9 Å². The zero-order chi connectivity index (χ0) is 58.5. The highest BCUT2D eigenvalue weighted by molar-refractivity contribution is 5.71. The third-order valence-electron chi connectivity index (χ3n) is 13.8. The van der Waals surface area contributed by atoms with E-state index in [2.05, 4.69) is 167 Å². The highest BCUT2D eigenvalue weighted by Crippen LogP contribution is 2.16. The minimum absolute atomic E-state index is 0.101. The minimum Gasteiger partial charge on any atom is -0.462 e. The molecule has 0 aliphatic carbocycles. The summed E-state index contributed by atoms with van der Waals surface area (Å²) in [4.78, 5) is 38.3. The number of rotatable bonds is 59. The number of carbonyl (C=O) groups is 3. The van der Waals surface area contributed by atoms with E-state index in [1.165, 1.54) is 103 Å². The van der Waals surface area contributed by atoms with Gasteiger partial charge in [0.25, 0.3) is 0 Å². The normalized spacial score (nSPS) is 13.1. The molecule has 0 radical (unpaired) electrons. The number of unbranched alkanes of at least 4 members (excludes halogenated alkanes) is 24. The molecular formula is C75H122O6. The number of hydrogen-bond acceptors (Lipinski definition) is 6. The molecule has 0 saturated carbocycles. The van der Waals surface area contributed by atoms with Crippen molar-refractivity contribution in [2.45, 2.75) is 297 Å². The van der Waals surface area contributed by atoms with Crippen LogP contribution in [0.4, 0.5) is 0 Å². The summed E-state index contributed by atoms with van der Waals surface area (Å²) in [6.07, 6.45) is 97.2. The van der Waals surface area contributed by atoms with Crippen LogP contribution in [0.15, 0.2) is 146 Å². The molecule has 0 aromatic heterocycles. The van der Waals surface area contributed by atoms with Crippen molar-refractivity contribution in [3.63, 3.8) is 0 Å². The maximum absolute atomic E-state index is 12.9. The van der Waals surface area contributed by atoms with Gasteiger partial charge in [0.2, 0.25) is 0 Å². The number of allylic oxidation sites excluding steroid dienone is 24. The smallest absolute Gasteiger partial charge is 0.306 e. The molecule has 0 spiro atoms. The quantitative estimate of drug-likeness (QED) is 0.0261. The molecule has 0 aromatic rings. The third-order valence-corrected chi connectivity index (χ3v) is 13.8. The topological polar surface area (TPSA) is 78.9 Å². The Morgan fingerprint density at radius 2 is 0.494 bits per heavy atom. The Bertz CT molecular complexity index is 1760. The van der Waals surface area contributed by atoms with Crippen LogP contribution in [0.2, 0.25) is 0 Å². The molecule has 0 bridgehead atoms. The Balaban J connectivity index is 4.39. The van der Waals surface area contributed by atoms with Gasteiger partial charge in [-0.15, -0.1) is 0 Å². The number of ether oxygens (including phenoxy) is 3. The van der Waals surface area contributed by atoms with Crippen LogP contribution in [0.25, 0.3) is 0 Å². The summed E-state index contributed by atoms with van der Waals surface area (Å²) < 4.78 is 16.9. The molecule has 1 atom stereocenters. The van der Waals surface area contributed by atoms with Crippen LogP contribution < -0.4 is 0 Å². The molecule has 0 aromatic carbocycles. The average molecular weight is 1120 g/mol. The van der Waals surface area contributed by atoms with Crippen molar-refractivity contribution in [2.24, 2.45) is 0 Å². The van der Waals surface area contributed by atoms with Crippen molar-refractivity contribution in [1.82, 2.24) is 0 Å². The first kappa shape index (κ1) is 76.3. The first-order chi connectivity index (χ1) is 40.0. The van der Waals surface area contributed by atoms with E-state index in [0.29, 0.717) is 25.7 Å². The minimum atomic E-state index is -0.806. The van der Waals surface area contributed by atoms with Crippen molar-refractivity contribution in [3.05, 3.63) is 146 Å². The van der Waals surface area contributed by atoms with Gasteiger partial charge in [-0.3, -0.25) is 14.4 Å². The second-order valence-corrected chi connectivity index (χ2v) is 21.6. The van der Waals surface area contributed by atoms with E-state index >= 15 is 0 Å². The lowest BCUT2D eigenvalue weighted by Gasteiger charge is -2.18. The molecule has 0 aliphatic rings. The SMILES string of the molecule is CC/C=C\C/C=C\C/C=C\C/C=C\C/C=C\C/C=C\C/C=C\C/C=C\C/C=C\C/C=C\CCCCC(=O)OCC(COC(=O)CCCCCCC/C=C\C/C=C\CCCC)OC(=O)CCCCCCCCCCCCCCCCCC. The molecule has 6 nitrogen and oxygen atoms in total. The molecule has 1 unspecified atom stereocenters. The van der Waals surface area contributed by atoms with Crippen LogP contribution in [0.1, 0.15) is 290 Å². The molecule has 458 valence electrons. The summed E-state index contributed by atoms with van der Waals surface area (Å²) in [5, 5.41) is 0. The summed E-state index contributed by atoms with van der Waals surface area (Å²) in [6.45, 7) is 6.45. The molecule has 81 heavy (non-hydrogen) atoms. The summed E-state index contributed by atoms with van der Waals surface area (Å²) in [6, 6.07) is 0. The molecule has 0 fully saturated rings.